The van der Waals surface area contributed by atoms with E-state index in [-0.39, 0.29) is 5.97 Å². The maximum Gasteiger partial charge on any atom is 0.339 e. The van der Waals surface area contributed by atoms with Gasteiger partial charge in [0, 0.05) is 11.9 Å². The van der Waals surface area contributed by atoms with Crippen LogP contribution in [0.25, 0.3) is 0 Å². The molecule has 3 nitrogen and oxygen atoms in total. The molecule has 0 amide bonds. The van der Waals surface area contributed by atoms with Crippen LogP contribution in [0.15, 0.2) is 12.3 Å². The lowest BCUT2D eigenvalue weighted by Gasteiger charge is -2.21. The zero-order valence-corrected chi connectivity index (χ0v) is 9.08. The Labute approximate surface area is 89.8 Å². The Morgan fingerprint density at radius 1 is 1.40 bits per heavy atom. The van der Waals surface area contributed by atoms with E-state index in [9.17, 15) is 4.79 Å². The van der Waals surface area contributed by atoms with Gasteiger partial charge in [0.15, 0.2) is 0 Å². The summed E-state index contributed by atoms with van der Waals surface area (Å²) >= 11 is 0. The van der Waals surface area contributed by atoms with Crippen molar-refractivity contribution in [1.82, 2.24) is 4.98 Å². The van der Waals surface area contributed by atoms with Gasteiger partial charge in [-0.2, -0.15) is 0 Å². The van der Waals surface area contributed by atoms with Crippen LogP contribution in [0, 0.1) is 0 Å². The van der Waals surface area contributed by atoms with E-state index >= 15 is 0 Å². The largest absolute Gasteiger partial charge is 0.465 e. The second-order valence-electron chi connectivity index (χ2n) is 4.13. The van der Waals surface area contributed by atoms with Gasteiger partial charge in [-0.3, -0.25) is 0 Å². The number of aromatic amines is 1. The highest BCUT2D eigenvalue weighted by atomic mass is 16.5. The molecule has 0 spiro atoms. The first-order valence-electron chi connectivity index (χ1n) is 5.58. The molecule has 1 aromatic rings. The molecule has 1 aliphatic rings. The maximum absolute atomic E-state index is 11.5. The fourth-order valence-corrected chi connectivity index (χ4v) is 2.40. The van der Waals surface area contributed by atoms with Gasteiger partial charge in [0.25, 0.3) is 0 Å². The van der Waals surface area contributed by atoms with Gasteiger partial charge in [-0.15, -0.1) is 0 Å². The molecule has 0 bridgehead atoms. The first-order chi connectivity index (χ1) is 7.33. The molecule has 0 aromatic carbocycles. The summed E-state index contributed by atoms with van der Waals surface area (Å²) in [6.07, 6.45) is 8.06. The molecule has 0 saturated heterocycles. The van der Waals surface area contributed by atoms with Crippen LogP contribution in [0.1, 0.15) is 54.1 Å². The Balaban J connectivity index is 2.19. The smallest absolute Gasteiger partial charge is 0.339 e. The molecule has 1 aromatic heterocycles. The van der Waals surface area contributed by atoms with Crippen LogP contribution in [0.2, 0.25) is 0 Å². The third-order valence-corrected chi connectivity index (χ3v) is 3.20. The molecule has 3 heteroatoms. The average molecular weight is 207 g/mol. The van der Waals surface area contributed by atoms with Gasteiger partial charge in [-0.1, -0.05) is 19.3 Å². The quantitative estimate of drug-likeness (QED) is 0.758. The van der Waals surface area contributed by atoms with Crippen LogP contribution in [-0.2, 0) is 4.74 Å². The van der Waals surface area contributed by atoms with E-state index in [0.717, 1.165) is 5.69 Å². The molecular formula is C12H17NO2. The van der Waals surface area contributed by atoms with Crippen LogP contribution >= 0.6 is 0 Å². The number of rotatable bonds is 2. The fourth-order valence-electron chi connectivity index (χ4n) is 2.40. The van der Waals surface area contributed by atoms with Crippen LogP contribution in [0.3, 0.4) is 0 Å². The van der Waals surface area contributed by atoms with Crippen molar-refractivity contribution < 1.29 is 9.53 Å². The molecule has 15 heavy (non-hydrogen) atoms. The Bertz CT molecular complexity index is 337. The highest BCUT2D eigenvalue weighted by Crippen LogP contribution is 2.33. The van der Waals surface area contributed by atoms with E-state index in [2.05, 4.69) is 4.98 Å². The molecule has 0 radical (unpaired) electrons. The van der Waals surface area contributed by atoms with Crippen molar-refractivity contribution in [2.45, 2.75) is 38.0 Å². The van der Waals surface area contributed by atoms with E-state index in [1.54, 1.807) is 0 Å². The normalized spacial score (nSPS) is 17.7. The lowest BCUT2D eigenvalue weighted by Crippen LogP contribution is -2.10. The number of H-pyrrole nitrogens is 1. The number of ether oxygens (including phenoxy) is 1. The molecule has 0 atom stereocenters. The van der Waals surface area contributed by atoms with E-state index < -0.39 is 0 Å². The number of nitrogens with one attached hydrogen (secondary N) is 1. The van der Waals surface area contributed by atoms with Crippen molar-refractivity contribution in [2.24, 2.45) is 0 Å². The zero-order valence-electron chi connectivity index (χ0n) is 9.08. The number of esters is 1. The second kappa shape index (κ2) is 4.51. The highest BCUT2D eigenvalue weighted by Gasteiger charge is 2.22. The number of hydrogen-bond donors (Lipinski definition) is 1. The summed E-state index contributed by atoms with van der Waals surface area (Å²) < 4.78 is 4.77. The van der Waals surface area contributed by atoms with Gasteiger partial charge in [0.2, 0.25) is 0 Å². The predicted octanol–water partition coefficient (Wildman–Crippen LogP) is 2.85. The van der Waals surface area contributed by atoms with Crippen molar-refractivity contribution in [3.63, 3.8) is 0 Å². The predicted molar refractivity (Wildman–Crippen MR) is 58.0 cm³/mol. The first-order valence-corrected chi connectivity index (χ1v) is 5.58. The molecule has 1 N–H and O–H groups in total. The highest BCUT2D eigenvalue weighted by molar-refractivity contribution is 5.90. The van der Waals surface area contributed by atoms with Crippen LogP contribution in [0.4, 0.5) is 0 Å². The number of methoxy groups -OCH3 is 1. The van der Waals surface area contributed by atoms with Crippen LogP contribution < -0.4 is 0 Å². The van der Waals surface area contributed by atoms with Gasteiger partial charge >= 0.3 is 5.97 Å². The van der Waals surface area contributed by atoms with E-state index in [4.69, 9.17) is 4.74 Å². The van der Waals surface area contributed by atoms with Gasteiger partial charge < -0.3 is 9.72 Å². The van der Waals surface area contributed by atoms with Crippen molar-refractivity contribution in [3.05, 3.63) is 23.5 Å². The van der Waals surface area contributed by atoms with Crippen molar-refractivity contribution in [2.75, 3.05) is 7.11 Å². The maximum atomic E-state index is 11.5. The van der Waals surface area contributed by atoms with E-state index in [1.807, 2.05) is 12.3 Å². The van der Waals surface area contributed by atoms with Crippen molar-refractivity contribution >= 4 is 5.97 Å². The molecule has 2 rings (SSSR count). The molecule has 82 valence electrons. The Morgan fingerprint density at radius 3 is 2.80 bits per heavy atom. The number of hydrogen-bond acceptors (Lipinski definition) is 2. The van der Waals surface area contributed by atoms with Crippen LogP contribution in [-0.4, -0.2) is 18.1 Å². The van der Waals surface area contributed by atoms with Gasteiger partial charge in [0.1, 0.15) is 0 Å². The summed E-state index contributed by atoms with van der Waals surface area (Å²) in [4.78, 5) is 14.7. The standard InChI is InChI=1S/C12H17NO2/c1-15-12(14)10-7-8-13-11(10)9-5-3-2-4-6-9/h7-9,13H,2-6H2,1H3. The van der Waals surface area contributed by atoms with E-state index in [0.29, 0.717) is 11.5 Å². The molecule has 0 unspecified atom stereocenters. The fraction of sp³-hybridized carbons (Fsp3) is 0.583. The zero-order chi connectivity index (χ0) is 10.7. The first kappa shape index (κ1) is 10.3. The Kier molecular flexibility index (Phi) is 3.09. The minimum Gasteiger partial charge on any atom is -0.465 e. The summed E-state index contributed by atoms with van der Waals surface area (Å²) in [5.74, 6) is 0.291. The Hall–Kier alpha value is -1.25. The van der Waals surface area contributed by atoms with E-state index in [1.165, 1.54) is 39.2 Å². The molecule has 1 fully saturated rings. The molecule has 0 aliphatic heterocycles. The van der Waals surface area contributed by atoms with Gasteiger partial charge in [-0.25, -0.2) is 4.79 Å². The SMILES string of the molecule is COC(=O)c1cc[nH]c1C1CCCCC1. The second-order valence-corrected chi connectivity index (χ2v) is 4.13. The minimum atomic E-state index is -0.225. The molecule has 1 aliphatic carbocycles. The Morgan fingerprint density at radius 2 is 2.13 bits per heavy atom. The summed E-state index contributed by atoms with van der Waals surface area (Å²) in [5.41, 5.74) is 1.78. The summed E-state index contributed by atoms with van der Waals surface area (Å²) in [5, 5.41) is 0. The van der Waals surface area contributed by atoms with Crippen LogP contribution in [0.5, 0.6) is 0 Å². The average Bonchev–Trinajstić information content (AvgIpc) is 2.78. The molecular weight excluding hydrogens is 190 g/mol. The summed E-state index contributed by atoms with van der Waals surface area (Å²) in [6, 6.07) is 1.82. The number of aromatic nitrogens is 1. The summed E-state index contributed by atoms with van der Waals surface area (Å²) in [7, 11) is 1.43. The third kappa shape index (κ3) is 2.06. The summed E-state index contributed by atoms with van der Waals surface area (Å²) in [6.45, 7) is 0. The molecule has 1 heterocycles. The topological polar surface area (TPSA) is 42.1 Å². The van der Waals surface area contributed by atoms with Crippen molar-refractivity contribution in [1.29, 1.82) is 0 Å². The minimum absolute atomic E-state index is 0.225. The lowest BCUT2D eigenvalue weighted by atomic mass is 9.85. The lowest BCUT2D eigenvalue weighted by molar-refractivity contribution is 0.0598. The number of carbonyl (C=O) groups excluding carboxylic acids is 1. The van der Waals surface area contributed by atoms with Gasteiger partial charge in [-0.05, 0) is 24.8 Å². The molecule has 1 saturated carbocycles. The van der Waals surface area contributed by atoms with Crippen molar-refractivity contribution in [3.8, 4) is 0 Å². The van der Waals surface area contributed by atoms with Gasteiger partial charge in [0.05, 0.1) is 12.7 Å². The number of carbonyl (C=O) groups is 1. The monoisotopic (exact) mass is 207 g/mol. The third-order valence-electron chi connectivity index (χ3n) is 3.20.